The van der Waals surface area contributed by atoms with Gasteiger partial charge in [-0.05, 0) is 19.1 Å². The first kappa shape index (κ1) is 11.9. The van der Waals surface area contributed by atoms with Gasteiger partial charge in [0.05, 0.1) is 18.4 Å². The van der Waals surface area contributed by atoms with Gasteiger partial charge in [-0.2, -0.15) is 5.26 Å². The van der Waals surface area contributed by atoms with E-state index < -0.39 is 12.1 Å². The molecule has 0 heterocycles. The summed E-state index contributed by atoms with van der Waals surface area (Å²) >= 11 is 0. The minimum Gasteiger partial charge on any atom is -0.495 e. The molecule has 0 amide bonds. The van der Waals surface area contributed by atoms with Crippen LogP contribution in [-0.4, -0.2) is 19.2 Å². The molecule has 0 saturated heterocycles. The normalized spacial score (nSPS) is 11.3. The third-order valence-electron chi connectivity index (χ3n) is 1.97. The second kappa shape index (κ2) is 5.03. The van der Waals surface area contributed by atoms with Crippen molar-refractivity contribution in [1.82, 2.24) is 0 Å². The Hall–Kier alpha value is -2.22. The van der Waals surface area contributed by atoms with Gasteiger partial charge in [0.1, 0.15) is 11.8 Å². The molecule has 5 heteroatoms. The molecule has 0 aliphatic carbocycles. The van der Waals surface area contributed by atoms with Gasteiger partial charge >= 0.3 is 5.97 Å². The van der Waals surface area contributed by atoms with Crippen LogP contribution in [0.2, 0.25) is 0 Å². The zero-order valence-corrected chi connectivity index (χ0v) is 9.06. The van der Waals surface area contributed by atoms with E-state index in [1.807, 2.05) is 0 Å². The molecule has 0 bridgehead atoms. The summed E-state index contributed by atoms with van der Waals surface area (Å²) in [5.74, 6) is -0.232. The van der Waals surface area contributed by atoms with E-state index in [-0.39, 0.29) is 11.3 Å². The molecule has 0 fully saturated rings. The van der Waals surface area contributed by atoms with E-state index in [0.717, 1.165) is 0 Å². The lowest BCUT2D eigenvalue weighted by Crippen LogP contribution is -2.14. The Bertz CT molecular complexity index is 437. The number of anilines is 1. The third kappa shape index (κ3) is 2.42. The second-order valence-corrected chi connectivity index (χ2v) is 3.10. The molecule has 1 unspecified atom stereocenters. The van der Waals surface area contributed by atoms with Crippen molar-refractivity contribution in [3.63, 3.8) is 0 Å². The van der Waals surface area contributed by atoms with Crippen LogP contribution in [-0.2, 0) is 4.74 Å². The lowest BCUT2D eigenvalue weighted by atomic mass is 10.1. The van der Waals surface area contributed by atoms with Crippen molar-refractivity contribution in [3.05, 3.63) is 23.8 Å². The van der Waals surface area contributed by atoms with Gasteiger partial charge in [-0.25, -0.2) is 4.79 Å². The van der Waals surface area contributed by atoms with Crippen molar-refractivity contribution < 1.29 is 14.3 Å². The smallest absolute Gasteiger partial charge is 0.341 e. The number of benzene rings is 1. The average molecular weight is 220 g/mol. The van der Waals surface area contributed by atoms with E-state index >= 15 is 0 Å². The zero-order chi connectivity index (χ0) is 12.1. The number of hydrogen-bond donors (Lipinski definition) is 1. The number of para-hydroxylation sites is 1. The van der Waals surface area contributed by atoms with E-state index in [2.05, 4.69) is 0 Å². The summed E-state index contributed by atoms with van der Waals surface area (Å²) in [6, 6.07) is 6.58. The van der Waals surface area contributed by atoms with Gasteiger partial charge in [0, 0.05) is 0 Å². The fourth-order valence-electron chi connectivity index (χ4n) is 1.15. The summed E-state index contributed by atoms with van der Waals surface area (Å²) in [4.78, 5) is 11.6. The molecule has 1 aromatic carbocycles. The average Bonchev–Trinajstić information content (AvgIpc) is 2.29. The summed E-state index contributed by atoms with van der Waals surface area (Å²) < 4.78 is 9.80. The minimum atomic E-state index is -0.807. The minimum absolute atomic E-state index is 0.196. The van der Waals surface area contributed by atoms with Crippen LogP contribution in [0.15, 0.2) is 18.2 Å². The number of nitrogen functional groups attached to an aromatic ring is 1. The third-order valence-corrected chi connectivity index (χ3v) is 1.97. The van der Waals surface area contributed by atoms with Crippen LogP contribution in [0, 0.1) is 11.3 Å². The molecule has 0 aromatic heterocycles. The van der Waals surface area contributed by atoms with Gasteiger partial charge in [-0.15, -0.1) is 0 Å². The Morgan fingerprint density at radius 1 is 1.56 bits per heavy atom. The molecular weight excluding hydrogens is 208 g/mol. The zero-order valence-electron chi connectivity index (χ0n) is 9.06. The molecule has 2 N–H and O–H groups in total. The number of nitriles is 1. The SMILES string of the molecule is COc1cccc(C(=O)OC(C)C#N)c1N. The number of esters is 1. The van der Waals surface area contributed by atoms with Gasteiger partial charge < -0.3 is 15.2 Å². The maximum atomic E-state index is 11.6. The number of methoxy groups -OCH3 is 1. The van der Waals surface area contributed by atoms with Crippen LogP contribution in [0.25, 0.3) is 0 Å². The highest BCUT2D eigenvalue weighted by atomic mass is 16.5. The van der Waals surface area contributed by atoms with E-state index in [1.54, 1.807) is 18.2 Å². The molecule has 5 nitrogen and oxygen atoms in total. The predicted octanol–water partition coefficient (Wildman–Crippen LogP) is 1.35. The Balaban J connectivity index is 2.97. The first-order chi connectivity index (χ1) is 7.60. The van der Waals surface area contributed by atoms with Gasteiger partial charge in [-0.1, -0.05) is 6.07 Å². The molecule has 1 aromatic rings. The molecule has 0 aliphatic heterocycles. The molecule has 84 valence electrons. The number of nitrogens with two attached hydrogens (primary N) is 1. The lowest BCUT2D eigenvalue weighted by molar-refractivity contribution is 0.0436. The van der Waals surface area contributed by atoms with Gasteiger partial charge in [0.25, 0.3) is 0 Å². The van der Waals surface area contributed by atoms with Gasteiger partial charge in [0.15, 0.2) is 6.10 Å². The van der Waals surface area contributed by atoms with Crippen LogP contribution in [0.5, 0.6) is 5.75 Å². The van der Waals surface area contributed by atoms with Crippen molar-refractivity contribution in [2.75, 3.05) is 12.8 Å². The van der Waals surface area contributed by atoms with Crippen molar-refractivity contribution in [2.45, 2.75) is 13.0 Å². The van der Waals surface area contributed by atoms with E-state index in [9.17, 15) is 4.79 Å². The van der Waals surface area contributed by atoms with E-state index in [1.165, 1.54) is 20.1 Å². The van der Waals surface area contributed by atoms with Crippen LogP contribution >= 0.6 is 0 Å². The summed E-state index contributed by atoms with van der Waals surface area (Å²) in [6.07, 6.45) is -0.807. The number of carbonyl (C=O) groups excluding carboxylic acids is 1. The molecular formula is C11H12N2O3. The highest BCUT2D eigenvalue weighted by Crippen LogP contribution is 2.25. The predicted molar refractivity (Wildman–Crippen MR) is 57.9 cm³/mol. The number of hydrogen-bond acceptors (Lipinski definition) is 5. The first-order valence-corrected chi connectivity index (χ1v) is 4.63. The topological polar surface area (TPSA) is 85.3 Å². The summed E-state index contributed by atoms with van der Waals surface area (Å²) in [6.45, 7) is 1.48. The molecule has 0 saturated carbocycles. The monoisotopic (exact) mass is 220 g/mol. The number of nitrogens with zero attached hydrogens (tertiary/aromatic N) is 1. The standard InChI is InChI=1S/C11H12N2O3/c1-7(6-12)16-11(14)8-4-3-5-9(15-2)10(8)13/h3-5,7H,13H2,1-2H3. The van der Waals surface area contributed by atoms with Crippen molar-refractivity contribution in [2.24, 2.45) is 0 Å². The van der Waals surface area contributed by atoms with Crippen LogP contribution in [0.4, 0.5) is 5.69 Å². The number of carbonyl (C=O) groups is 1. The molecule has 1 atom stereocenters. The highest BCUT2D eigenvalue weighted by molar-refractivity contribution is 5.96. The summed E-state index contributed by atoms with van der Waals surface area (Å²) in [7, 11) is 1.46. The molecule has 1 rings (SSSR count). The fraction of sp³-hybridized carbons (Fsp3) is 0.273. The summed E-state index contributed by atoms with van der Waals surface area (Å²) in [5, 5.41) is 8.52. The Morgan fingerprint density at radius 2 is 2.25 bits per heavy atom. The molecule has 0 spiro atoms. The van der Waals surface area contributed by atoms with Gasteiger partial charge in [0.2, 0.25) is 0 Å². The number of ether oxygens (including phenoxy) is 2. The Morgan fingerprint density at radius 3 is 2.81 bits per heavy atom. The Kier molecular flexibility index (Phi) is 3.72. The molecule has 0 radical (unpaired) electrons. The maximum Gasteiger partial charge on any atom is 0.341 e. The summed E-state index contributed by atoms with van der Waals surface area (Å²) in [5.41, 5.74) is 6.11. The quantitative estimate of drug-likeness (QED) is 0.613. The maximum absolute atomic E-state index is 11.6. The molecule has 16 heavy (non-hydrogen) atoms. The Labute approximate surface area is 93.4 Å². The molecule has 0 aliphatic rings. The van der Waals surface area contributed by atoms with Crippen LogP contribution in [0.1, 0.15) is 17.3 Å². The van der Waals surface area contributed by atoms with Crippen molar-refractivity contribution in [3.8, 4) is 11.8 Å². The van der Waals surface area contributed by atoms with Gasteiger partial charge in [-0.3, -0.25) is 0 Å². The second-order valence-electron chi connectivity index (χ2n) is 3.10. The number of rotatable bonds is 3. The first-order valence-electron chi connectivity index (χ1n) is 4.63. The van der Waals surface area contributed by atoms with Crippen molar-refractivity contribution >= 4 is 11.7 Å². The van der Waals surface area contributed by atoms with E-state index in [4.69, 9.17) is 20.5 Å². The van der Waals surface area contributed by atoms with Crippen LogP contribution < -0.4 is 10.5 Å². The van der Waals surface area contributed by atoms with Crippen molar-refractivity contribution in [1.29, 1.82) is 5.26 Å². The lowest BCUT2D eigenvalue weighted by Gasteiger charge is -2.10. The van der Waals surface area contributed by atoms with Crippen LogP contribution in [0.3, 0.4) is 0 Å². The highest BCUT2D eigenvalue weighted by Gasteiger charge is 2.16. The fourth-order valence-corrected chi connectivity index (χ4v) is 1.15. The largest absolute Gasteiger partial charge is 0.495 e. The van der Waals surface area contributed by atoms with E-state index in [0.29, 0.717) is 5.75 Å².